The lowest BCUT2D eigenvalue weighted by atomic mass is 10.2. The average Bonchev–Trinajstić information content (AvgIpc) is 2.45. The van der Waals surface area contributed by atoms with E-state index in [0.717, 1.165) is 21.6 Å². The fourth-order valence-corrected chi connectivity index (χ4v) is 2.34. The lowest BCUT2D eigenvalue weighted by Crippen LogP contribution is -2.05. The summed E-state index contributed by atoms with van der Waals surface area (Å²) in [6.45, 7) is 4.57. The Morgan fingerprint density at radius 3 is 2.80 bits per heavy atom. The van der Waals surface area contributed by atoms with Gasteiger partial charge >= 0.3 is 0 Å². The molecule has 0 aliphatic carbocycles. The number of aromatic nitrogens is 2. The number of hydrogen-bond acceptors (Lipinski definition) is 3. The van der Waals surface area contributed by atoms with Crippen LogP contribution in [0.3, 0.4) is 0 Å². The SMILES string of the molecule is CC(C)c1ncc(OCc2cccc(Br)c2)c(CCl)n1. The second-order valence-electron chi connectivity index (χ2n) is 4.75. The smallest absolute Gasteiger partial charge is 0.160 e. The Morgan fingerprint density at radius 2 is 2.15 bits per heavy atom. The molecule has 3 nitrogen and oxygen atoms in total. The summed E-state index contributed by atoms with van der Waals surface area (Å²) in [6, 6.07) is 7.98. The van der Waals surface area contributed by atoms with Crippen molar-refractivity contribution in [1.82, 2.24) is 9.97 Å². The number of halogens is 2. The van der Waals surface area contributed by atoms with Gasteiger partial charge in [0.05, 0.1) is 12.1 Å². The zero-order chi connectivity index (χ0) is 14.5. The highest BCUT2D eigenvalue weighted by atomic mass is 79.9. The number of hydrogen-bond donors (Lipinski definition) is 0. The summed E-state index contributed by atoms with van der Waals surface area (Å²) >= 11 is 9.38. The summed E-state index contributed by atoms with van der Waals surface area (Å²) in [5.41, 5.74) is 1.81. The second-order valence-corrected chi connectivity index (χ2v) is 5.93. The summed E-state index contributed by atoms with van der Waals surface area (Å²) < 4.78 is 6.80. The molecule has 0 aliphatic heterocycles. The zero-order valence-electron chi connectivity index (χ0n) is 11.4. The van der Waals surface area contributed by atoms with E-state index in [-0.39, 0.29) is 5.92 Å². The molecule has 0 unspecified atom stereocenters. The highest BCUT2D eigenvalue weighted by Gasteiger charge is 2.10. The minimum Gasteiger partial charge on any atom is -0.485 e. The first-order chi connectivity index (χ1) is 9.60. The Bertz CT molecular complexity index is 590. The van der Waals surface area contributed by atoms with Gasteiger partial charge < -0.3 is 4.74 Å². The summed E-state index contributed by atoms with van der Waals surface area (Å²) in [4.78, 5) is 8.76. The quantitative estimate of drug-likeness (QED) is 0.730. The lowest BCUT2D eigenvalue weighted by Gasteiger charge is -2.11. The molecule has 0 radical (unpaired) electrons. The Kier molecular flexibility index (Phi) is 5.38. The van der Waals surface area contributed by atoms with Crippen LogP contribution in [0.4, 0.5) is 0 Å². The fraction of sp³-hybridized carbons (Fsp3) is 0.333. The molecule has 1 aromatic carbocycles. The predicted molar refractivity (Wildman–Crippen MR) is 84.2 cm³/mol. The minimum absolute atomic E-state index is 0.274. The van der Waals surface area contributed by atoms with Crippen LogP contribution in [-0.4, -0.2) is 9.97 Å². The first kappa shape index (κ1) is 15.3. The number of nitrogens with zero attached hydrogens (tertiary/aromatic N) is 2. The molecule has 0 saturated heterocycles. The third kappa shape index (κ3) is 3.93. The molecule has 20 heavy (non-hydrogen) atoms. The second kappa shape index (κ2) is 7.04. The minimum atomic E-state index is 0.274. The van der Waals surface area contributed by atoms with Crippen molar-refractivity contribution in [2.24, 2.45) is 0 Å². The summed E-state index contributed by atoms with van der Waals surface area (Å²) in [7, 11) is 0. The molecule has 2 aromatic rings. The molecule has 2 rings (SSSR count). The Balaban J connectivity index is 2.13. The van der Waals surface area contributed by atoms with Crippen LogP contribution < -0.4 is 4.74 Å². The van der Waals surface area contributed by atoms with E-state index in [2.05, 4.69) is 39.7 Å². The highest BCUT2D eigenvalue weighted by molar-refractivity contribution is 9.10. The van der Waals surface area contributed by atoms with E-state index in [0.29, 0.717) is 18.2 Å². The van der Waals surface area contributed by atoms with Crippen LogP contribution in [0.15, 0.2) is 34.9 Å². The van der Waals surface area contributed by atoms with E-state index < -0.39 is 0 Å². The van der Waals surface area contributed by atoms with Crippen LogP contribution in [0.2, 0.25) is 0 Å². The molecule has 0 atom stereocenters. The van der Waals surface area contributed by atoms with Crippen LogP contribution in [0.5, 0.6) is 5.75 Å². The van der Waals surface area contributed by atoms with Gasteiger partial charge in [0.15, 0.2) is 5.75 Å². The highest BCUT2D eigenvalue weighted by Crippen LogP contribution is 2.21. The molecule has 0 bridgehead atoms. The predicted octanol–water partition coefficient (Wildman–Crippen LogP) is 4.68. The van der Waals surface area contributed by atoms with Gasteiger partial charge in [0.2, 0.25) is 0 Å². The number of alkyl halides is 1. The van der Waals surface area contributed by atoms with Crippen molar-refractivity contribution in [2.45, 2.75) is 32.3 Å². The van der Waals surface area contributed by atoms with E-state index in [1.54, 1.807) is 6.20 Å². The molecular weight excluding hydrogens is 340 g/mol. The van der Waals surface area contributed by atoms with Crippen molar-refractivity contribution < 1.29 is 4.74 Å². The summed E-state index contributed by atoms with van der Waals surface area (Å²) in [5, 5.41) is 0. The van der Waals surface area contributed by atoms with Gasteiger partial charge in [-0.2, -0.15) is 0 Å². The lowest BCUT2D eigenvalue weighted by molar-refractivity contribution is 0.300. The van der Waals surface area contributed by atoms with Crippen LogP contribution >= 0.6 is 27.5 Å². The van der Waals surface area contributed by atoms with Crippen molar-refractivity contribution in [3.8, 4) is 5.75 Å². The van der Waals surface area contributed by atoms with Crippen LogP contribution in [-0.2, 0) is 12.5 Å². The molecule has 0 N–H and O–H groups in total. The monoisotopic (exact) mass is 354 g/mol. The van der Waals surface area contributed by atoms with Gasteiger partial charge in [-0.3, -0.25) is 0 Å². The molecule has 0 fully saturated rings. The van der Waals surface area contributed by atoms with Crippen molar-refractivity contribution in [3.05, 3.63) is 52.0 Å². The normalized spacial score (nSPS) is 10.8. The Morgan fingerprint density at radius 1 is 1.35 bits per heavy atom. The molecule has 1 aromatic heterocycles. The van der Waals surface area contributed by atoms with E-state index in [1.165, 1.54) is 0 Å². The molecule has 1 heterocycles. The first-order valence-electron chi connectivity index (χ1n) is 6.39. The van der Waals surface area contributed by atoms with Gasteiger partial charge in [0.1, 0.15) is 18.1 Å². The summed E-state index contributed by atoms with van der Waals surface area (Å²) in [5.74, 6) is 2.02. The van der Waals surface area contributed by atoms with Gasteiger partial charge in [0.25, 0.3) is 0 Å². The van der Waals surface area contributed by atoms with Crippen LogP contribution in [0, 0.1) is 0 Å². The van der Waals surface area contributed by atoms with E-state index in [1.807, 2.05) is 24.3 Å². The molecule has 106 valence electrons. The number of ether oxygens (including phenoxy) is 1. The average molecular weight is 356 g/mol. The van der Waals surface area contributed by atoms with Crippen molar-refractivity contribution in [1.29, 1.82) is 0 Å². The van der Waals surface area contributed by atoms with Gasteiger partial charge in [-0.05, 0) is 17.7 Å². The van der Waals surface area contributed by atoms with E-state index in [4.69, 9.17) is 16.3 Å². The van der Waals surface area contributed by atoms with Gasteiger partial charge in [-0.15, -0.1) is 11.6 Å². The third-order valence-corrected chi connectivity index (χ3v) is 3.52. The largest absolute Gasteiger partial charge is 0.485 e. The fourth-order valence-electron chi connectivity index (χ4n) is 1.70. The Labute approximate surface area is 132 Å². The number of rotatable bonds is 5. The van der Waals surface area contributed by atoms with Gasteiger partial charge in [0, 0.05) is 10.4 Å². The third-order valence-electron chi connectivity index (χ3n) is 2.77. The van der Waals surface area contributed by atoms with E-state index in [9.17, 15) is 0 Å². The van der Waals surface area contributed by atoms with Crippen molar-refractivity contribution in [3.63, 3.8) is 0 Å². The molecule has 0 amide bonds. The van der Waals surface area contributed by atoms with E-state index >= 15 is 0 Å². The molecule has 5 heteroatoms. The molecule has 0 aliphatic rings. The van der Waals surface area contributed by atoms with Crippen molar-refractivity contribution >= 4 is 27.5 Å². The van der Waals surface area contributed by atoms with Crippen LogP contribution in [0.1, 0.15) is 36.8 Å². The zero-order valence-corrected chi connectivity index (χ0v) is 13.8. The first-order valence-corrected chi connectivity index (χ1v) is 7.72. The maximum atomic E-state index is 5.94. The maximum Gasteiger partial charge on any atom is 0.160 e. The van der Waals surface area contributed by atoms with Gasteiger partial charge in [-0.25, -0.2) is 9.97 Å². The standard InChI is InChI=1S/C15H16BrClN2O/c1-10(2)15-18-8-14(13(7-17)19-15)20-9-11-4-3-5-12(16)6-11/h3-6,8,10H,7,9H2,1-2H3. The van der Waals surface area contributed by atoms with Gasteiger partial charge in [-0.1, -0.05) is 41.9 Å². The van der Waals surface area contributed by atoms with Crippen molar-refractivity contribution in [2.75, 3.05) is 0 Å². The topological polar surface area (TPSA) is 35.0 Å². The summed E-state index contributed by atoms with van der Waals surface area (Å²) in [6.07, 6.45) is 1.71. The maximum absolute atomic E-state index is 5.94. The molecular formula is C15H16BrClN2O. The molecule has 0 saturated carbocycles. The number of benzene rings is 1. The molecule has 0 spiro atoms. The van der Waals surface area contributed by atoms with Crippen LogP contribution in [0.25, 0.3) is 0 Å². The Hall–Kier alpha value is -1.13.